The lowest BCUT2D eigenvalue weighted by Gasteiger charge is -2.18. The minimum atomic E-state index is -0.918. The van der Waals surface area contributed by atoms with Crippen LogP contribution in [0.5, 0.6) is 11.5 Å². The van der Waals surface area contributed by atoms with E-state index in [-0.39, 0.29) is 0 Å². The van der Waals surface area contributed by atoms with E-state index in [0.29, 0.717) is 32.7 Å². The lowest BCUT2D eigenvalue weighted by atomic mass is 10.0. The molecule has 3 nitrogen and oxygen atoms in total. The maximum atomic E-state index is 10.6. The molecule has 0 bridgehead atoms. The molecule has 0 fully saturated rings. The van der Waals surface area contributed by atoms with Crippen LogP contribution in [0.4, 0.5) is 0 Å². The summed E-state index contributed by atoms with van der Waals surface area (Å²) >= 11 is 15.6. The van der Waals surface area contributed by atoms with Gasteiger partial charge in [-0.05, 0) is 35.9 Å². The van der Waals surface area contributed by atoms with Crippen molar-refractivity contribution in [1.29, 1.82) is 0 Å². The van der Waals surface area contributed by atoms with Gasteiger partial charge in [0.05, 0.1) is 14.2 Å². The van der Waals surface area contributed by atoms with E-state index < -0.39 is 6.10 Å². The first-order valence-electron chi connectivity index (χ1n) is 6.02. The Bertz CT molecular complexity index is 641. The van der Waals surface area contributed by atoms with Gasteiger partial charge in [0.2, 0.25) is 0 Å². The molecule has 1 unspecified atom stereocenters. The highest BCUT2D eigenvalue weighted by atomic mass is 79.9. The van der Waals surface area contributed by atoms with Gasteiger partial charge in [-0.1, -0.05) is 39.1 Å². The summed E-state index contributed by atoms with van der Waals surface area (Å²) in [7, 11) is 3.01. The van der Waals surface area contributed by atoms with Crippen molar-refractivity contribution in [3.8, 4) is 11.5 Å². The summed E-state index contributed by atoms with van der Waals surface area (Å²) < 4.78 is 11.2. The first-order valence-corrected chi connectivity index (χ1v) is 7.57. The molecule has 0 aliphatic rings. The number of benzene rings is 2. The molecule has 6 heteroatoms. The largest absolute Gasteiger partial charge is 0.495 e. The summed E-state index contributed by atoms with van der Waals surface area (Å²) in [5.41, 5.74) is 1.17. The van der Waals surface area contributed by atoms with Crippen molar-refractivity contribution >= 4 is 39.1 Å². The Morgan fingerprint density at radius 2 is 1.81 bits per heavy atom. The number of hydrogen-bond donors (Lipinski definition) is 1. The second-order valence-corrected chi connectivity index (χ2v) is 6.04. The summed E-state index contributed by atoms with van der Waals surface area (Å²) in [4.78, 5) is 0. The van der Waals surface area contributed by atoms with E-state index in [9.17, 15) is 5.11 Å². The topological polar surface area (TPSA) is 38.7 Å². The summed E-state index contributed by atoms with van der Waals surface area (Å²) in [6, 6.07) is 8.62. The highest BCUT2D eigenvalue weighted by Crippen LogP contribution is 2.41. The molecular weight excluding hydrogens is 379 g/mol. The van der Waals surface area contributed by atoms with Gasteiger partial charge >= 0.3 is 0 Å². The number of methoxy groups -OCH3 is 2. The molecule has 1 atom stereocenters. The molecule has 112 valence electrons. The van der Waals surface area contributed by atoms with Crippen molar-refractivity contribution in [2.75, 3.05) is 14.2 Å². The third kappa shape index (κ3) is 3.46. The third-order valence-electron chi connectivity index (χ3n) is 3.01. The van der Waals surface area contributed by atoms with Gasteiger partial charge in [-0.2, -0.15) is 0 Å². The molecular formula is C15H13BrCl2O3. The van der Waals surface area contributed by atoms with Crippen LogP contribution in [0.3, 0.4) is 0 Å². The molecule has 1 N–H and O–H groups in total. The highest BCUT2D eigenvalue weighted by Gasteiger charge is 2.21. The van der Waals surface area contributed by atoms with Crippen molar-refractivity contribution in [1.82, 2.24) is 0 Å². The van der Waals surface area contributed by atoms with Gasteiger partial charge in [0, 0.05) is 15.1 Å². The van der Waals surface area contributed by atoms with Crippen LogP contribution in [-0.2, 0) is 0 Å². The van der Waals surface area contributed by atoms with Gasteiger partial charge in [0.15, 0.2) is 0 Å². The van der Waals surface area contributed by atoms with E-state index in [1.54, 1.807) is 30.3 Å². The number of rotatable bonds is 4. The smallest absolute Gasteiger partial charge is 0.147 e. The Balaban J connectivity index is 2.52. The Kier molecular flexibility index (Phi) is 5.38. The van der Waals surface area contributed by atoms with E-state index >= 15 is 0 Å². The maximum Gasteiger partial charge on any atom is 0.147 e. The van der Waals surface area contributed by atoms with Crippen LogP contribution < -0.4 is 9.47 Å². The number of hydrogen-bond acceptors (Lipinski definition) is 3. The van der Waals surface area contributed by atoms with Gasteiger partial charge in [-0.3, -0.25) is 0 Å². The minimum Gasteiger partial charge on any atom is -0.495 e. The lowest BCUT2D eigenvalue weighted by Crippen LogP contribution is -2.04. The number of aliphatic hydroxyl groups excluding tert-OH is 1. The zero-order valence-electron chi connectivity index (χ0n) is 11.4. The fourth-order valence-corrected chi connectivity index (χ4v) is 3.26. The highest BCUT2D eigenvalue weighted by molar-refractivity contribution is 9.10. The molecule has 2 rings (SSSR count). The SMILES string of the molecule is COc1ccc(C(O)c2cc(Cl)cc(Br)c2)c(OC)c1Cl. The van der Waals surface area contributed by atoms with Gasteiger partial charge in [-0.15, -0.1) is 0 Å². The standard InChI is InChI=1S/C15H13BrCl2O3/c1-20-12-4-3-11(15(21-2)13(12)18)14(19)8-5-9(16)7-10(17)6-8/h3-7,14,19H,1-2H3. The Labute approximate surface area is 141 Å². The maximum absolute atomic E-state index is 10.6. The van der Waals surface area contributed by atoms with Crippen LogP contribution in [-0.4, -0.2) is 19.3 Å². The molecule has 0 heterocycles. The second-order valence-electron chi connectivity index (χ2n) is 4.31. The van der Waals surface area contributed by atoms with Crippen LogP contribution in [0.2, 0.25) is 10.0 Å². The fourth-order valence-electron chi connectivity index (χ4n) is 2.05. The number of ether oxygens (including phenoxy) is 2. The van der Waals surface area contributed by atoms with Crippen LogP contribution >= 0.6 is 39.1 Å². The Hall–Kier alpha value is -0.940. The molecule has 21 heavy (non-hydrogen) atoms. The van der Waals surface area contributed by atoms with Crippen molar-refractivity contribution in [3.05, 3.63) is 56.0 Å². The minimum absolute atomic E-state index is 0.317. The molecule has 0 saturated carbocycles. The van der Waals surface area contributed by atoms with Crippen molar-refractivity contribution in [2.45, 2.75) is 6.10 Å². The van der Waals surface area contributed by atoms with E-state index in [1.807, 2.05) is 0 Å². The normalized spacial score (nSPS) is 12.1. The molecule has 2 aromatic carbocycles. The van der Waals surface area contributed by atoms with E-state index in [4.69, 9.17) is 32.7 Å². The molecule has 0 radical (unpaired) electrons. The zero-order chi connectivity index (χ0) is 15.6. The Morgan fingerprint density at radius 3 is 2.38 bits per heavy atom. The first kappa shape index (κ1) is 16.4. The van der Waals surface area contributed by atoms with E-state index in [2.05, 4.69) is 15.9 Å². The predicted molar refractivity (Wildman–Crippen MR) is 87.8 cm³/mol. The van der Waals surface area contributed by atoms with Crippen LogP contribution in [0, 0.1) is 0 Å². The Morgan fingerprint density at radius 1 is 1.10 bits per heavy atom. The fraction of sp³-hybridized carbons (Fsp3) is 0.200. The summed E-state index contributed by atoms with van der Waals surface area (Å²) in [5.74, 6) is 0.858. The van der Waals surface area contributed by atoms with Gasteiger partial charge in [-0.25, -0.2) is 0 Å². The van der Waals surface area contributed by atoms with Gasteiger partial charge < -0.3 is 14.6 Å². The van der Waals surface area contributed by atoms with Crippen molar-refractivity contribution in [3.63, 3.8) is 0 Å². The zero-order valence-corrected chi connectivity index (χ0v) is 14.5. The van der Waals surface area contributed by atoms with Crippen molar-refractivity contribution < 1.29 is 14.6 Å². The summed E-state index contributed by atoms with van der Waals surface area (Å²) in [6.07, 6.45) is -0.918. The molecule has 0 spiro atoms. The number of halogens is 3. The third-order valence-corrected chi connectivity index (χ3v) is 4.05. The molecule has 0 aliphatic heterocycles. The van der Waals surface area contributed by atoms with Crippen LogP contribution in [0.1, 0.15) is 17.2 Å². The second kappa shape index (κ2) is 6.88. The van der Waals surface area contributed by atoms with E-state index in [0.717, 1.165) is 4.47 Å². The van der Waals surface area contributed by atoms with Crippen LogP contribution in [0.15, 0.2) is 34.8 Å². The average Bonchev–Trinajstić information content (AvgIpc) is 2.45. The average molecular weight is 392 g/mol. The molecule has 0 amide bonds. The molecule has 2 aromatic rings. The summed E-state index contributed by atoms with van der Waals surface area (Å²) in [5, 5.41) is 11.4. The number of aliphatic hydroxyl groups is 1. The summed E-state index contributed by atoms with van der Waals surface area (Å²) in [6.45, 7) is 0. The molecule has 0 aliphatic carbocycles. The first-order chi connectivity index (χ1) is 9.97. The van der Waals surface area contributed by atoms with E-state index in [1.165, 1.54) is 14.2 Å². The van der Waals surface area contributed by atoms with Gasteiger partial charge in [0.25, 0.3) is 0 Å². The predicted octanol–water partition coefficient (Wildman–Crippen LogP) is 4.85. The monoisotopic (exact) mass is 390 g/mol. The molecule has 0 saturated heterocycles. The lowest BCUT2D eigenvalue weighted by molar-refractivity contribution is 0.214. The molecule has 0 aromatic heterocycles. The van der Waals surface area contributed by atoms with Gasteiger partial charge in [0.1, 0.15) is 22.6 Å². The quantitative estimate of drug-likeness (QED) is 0.809. The van der Waals surface area contributed by atoms with Crippen molar-refractivity contribution in [2.24, 2.45) is 0 Å². The van der Waals surface area contributed by atoms with Crippen LogP contribution in [0.25, 0.3) is 0 Å².